The Morgan fingerprint density at radius 3 is 2.49 bits per heavy atom. The zero-order valence-corrected chi connectivity index (χ0v) is 22.4. The Hall–Kier alpha value is -4.10. The van der Waals surface area contributed by atoms with Crippen molar-refractivity contribution in [3.05, 3.63) is 89.2 Å². The van der Waals surface area contributed by atoms with Gasteiger partial charge in [0.05, 0.1) is 12.8 Å². The van der Waals surface area contributed by atoms with Crippen LogP contribution in [0.5, 0.6) is 5.75 Å². The summed E-state index contributed by atoms with van der Waals surface area (Å²) in [6.07, 6.45) is 6.27. The van der Waals surface area contributed by atoms with Gasteiger partial charge < -0.3 is 14.5 Å². The van der Waals surface area contributed by atoms with Crippen molar-refractivity contribution in [3.63, 3.8) is 0 Å². The van der Waals surface area contributed by atoms with Gasteiger partial charge in [0.25, 0.3) is 5.91 Å². The second-order valence-corrected chi connectivity index (χ2v) is 11.1. The lowest BCUT2D eigenvalue weighted by Gasteiger charge is -2.37. The van der Waals surface area contributed by atoms with Gasteiger partial charge in [-0.25, -0.2) is 4.98 Å². The molecule has 0 radical (unpaired) electrons. The van der Waals surface area contributed by atoms with Gasteiger partial charge in [0, 0.05) is 40.5 Å². The number of anilines is 1. The van der Waals surface area contributed by atoms with Crippen LogP contribution in [0.1, 0.15) is 39.9 Å². The Morgan fingerprint density at radius 2 is 1.74 bits per heavy atom. The van der Waals surface area contributed by atoms with E-state index in [0.29, 0.717) is 17.9 Å². The van der Waals surface area contributed by atoms with Crippen molar-refractivity contribution < 1.29 is 9.53 Å². The van der Waals surface area contributed by atoms with Crippen molar-refractivity contribution in [2.24, 2.45) is 0 Å². The number of likely N-dealkylation sites (tertiary alicyclic amines) is 1. The maximum absolute atomic E-state index is 13.7. The van der Waals surface area contributed by atoms with E-state index in [2.05, 4.69) is 58.3 Å². The lowest BCUT2D eigenvalue weighted by atomic mass is 9.74. The van der Waals surface area contributed by atoms with Crippen LogP contribution < -0.4 is 9.64 Å². The smallest absolute Gasteiger partial charge is 0.258 e. The fraction of sp³-hybridized carbons (Fsp3) is 0.312. The molecule has 0 aliphatic carbocycles. The molecule has 1 amide bonds. The Kier molecular flexibility index (Phi) is 5.70. The van der Waals surface area contributed by atoms with Gasteiger partial charge in [-0.05, 0) is 98.9 Å². The van der Waals surface area contributed by atoms with E-state index in [1.165, 1.54) is 11.1 Å². The number of ether oxygens (including phenoxy) is 1. The lowest BCUT2D eigenvalue weighted by Crippen LogP contribution is -2.42. The first kappa shape index (κ1) is 24.0. The molecule has 39 heavy (non-hydrogen) atoms. The average molecular weight is 518 g/mol. The lowest BCUT2D eigenvalue weighted by molar-refractivity contribution is 0.0989. The van der Waals surface area contributed by atoms with Crippen molar-refractivity contribution in [1.29, 1.82) is 0 Å². The van der Waals surface area contributed by atoms with Gasteiger partial charge in [-0.1, -0.05) is 24.3 Å². The first-order valence-electron chi connectivity index (χ1n) is 13.7. The van der Waals surface area contributed by atoms with Crippen LogP contribution in [0.2, 0.25) is 0 Å². The molecule has 0 saturated carbocycles. The minimum atomic E-state index is 0.0531. The normalized spacial score (nSPS) is 17.6. The SMILES string of the molecule is Cc1cc(-c2nccnn2)ccc1-c1ccc(C(=O)N2CCc3cc4c(cc32)C2(CCN(C)CC2)CO4)cc1. The predicted molar refractivity (Wildman–Crippen MR) is 151 cm³/mol. The standard InChI is InChI=1S/C32H31N5O2/c1-21-17-25(30-33-12-13-34-35-30)7-8-26(21)22-3-5-23(6-4-22)31(38)37-14-9-24-18-29-27(19-28(24)37)32(20-39-29)10-15-36(2)16-11-32/h3-8,12-13,17-19H,9-11,14-16,20H2,1-2H3. The molecule has 3 aliphatic heterocycles. The zero-order valence-electron chi connectivity index (χ0n) is 22.4. The van der Waals surface area contributed by atoms with E-state index in [1.54, 1.807) is 12.4 Å². The molecule has 3 aliphatic rings. The molecule has 4 aromatic rings. The monoisotopic (exact) mass is 517 g/mol. The van der Waals surface area contributed by atoms with Crippen LogP contribution in [-0.4, -0.2) is 59.3 Å². The molecule has 1 fully saturated rings. The number of carbonyl (C=O) groups excluding carboxylic acids is 1. The van der Waals surface area contributed by atoms with Crippen molar-refractivity contribution in [1.82, 2.24) is 20.1 Å². The number of amides is 1. The van der Waals surface area contributed by atoms with Gasteiger partial charge in [-0.3, -0.25) is 4.79 Å². The molecule has 7 rings (SSSR count). The highest BCUT2D eigenvalue weighted by atomic mass is 16.5. The number of hydrogen-bond donors (Lipinski definition) is 0. The number of rotatable bonds is 3. The first-order valence-corrected chi connectivity index (χ1v) is 13.7. The van der Waals surface area contributed by atoms with Gasteiger partial charge in [0.1, 0.15) is 5.75 Å². The molecule has 3 aromatic carbocycles. The minimum Gasteiger partial charge on any atom is -0.492 e. The molecule has 1 spiro atoms. The summed E-state index contributed by atoms with van der Waals surface area (Å²) >= 11 is 0. The fourth-order valence-corrected chi connectivity index (χ4v) is 6.37. The summed E-state index contributed by atoms with van der Waals surface area (Å²) < 4.78 is 6.20. The molecule has 7 nitrogen and oxygen atoms in total. The first-order chi connectivity index (χ1) is 19.0. The third kappa shape index (κ3) is 4.08. The summed E-state index contributed by atoms with van der Waals surface area (Å²) in [6, 6.07) is 18.6. The van der Waals surface area contributed by atoms with Gasteiger partial charge in [0.15, 0.2) is 5.82 Å². The molecular weight excluding hydrogens is 486 g/mol. The van der Waals surface area contributed by atoms with Crippen LogP contribution in [0.15, 0.2) is 67.0 Å². The molecule has 0 atom stereocenters. The quantitative estimate of drug-likeness (QED) is 0.378. The van der Waals surface area contributed by atoms with E-state index in [0.717, 1.165) is 72.6 Å². The number of carbonyl (C=O) groups is 1. The zero-order chi connectivity index (χ0) is 26.6. The van der Waals surface area contributed by atoms with Crippen LogP contribution in [0, 0.1) is 6.92 Å². The van der Waals surface area contributed by atoms with Gasteiger partial charge in [-0.15, -0.1) is 5.10 Å². The molecule has 7 heteroatoms. The number of aryl methyl sites for hydroxylation is 1. The fourth-order valence-electron chi connectivity index (χ4n) is 6.37. The summed E-state index contributed by atoms with van der Waals surface area (Å²) in [7, 11) is 2.19. The summed E-state index contributed by atoms with van der Waals surface area (Å²) in [6.45, 7) is 5.69. The van der Waals surface area contributed by atoms with E-state index >= 15 is 0 Å². The van der Waals surface area contributed by atoms with Crippen LogP contribution in [0.4, 0.5) is 5.69 Å². The number of piperidine rings is 1. The molecule has 0 unspecified atom stereocenters. The van der Waals surface area contributed by atoms with Gasteiger partial charge >= 0.3 is 0 Å². The van der Waals surface area contributed by atoms with E-state index < -0.39 is 0 Å². The van der Waals surface area contributed by atoms with Crippen molar-refractivity contribution in [2.75, 3.05) is 38.2 Å². The largest absolute Gasteiger partial charge is 0.492 e. The number of benzene rings is 3. The van der Waals surface area contributed by atoms with Crippen molar-refractivity contribution in [3.8, 4) is 28.3 Å². The highest BCUT2D eigenvalue weighted by Crippen LogP contribution is 2.49. The highest BCUT2D eigenvalue weighted by Gasteiger charge is 2.44. The van der Waals surface area contributed by atoms with Crippen LogP contribution in [0.3, 0.4) is 0 Å². The Bertz CT molecular complexity index is 1560. The number of hydrogen-bond acceptors (Lipinski definition) is 6. The summed E-state index contributed by atoms with van der Waals surface area (Å²) in [5.74, 6) is 1.68. The van der Waals surface area contributed by atoms with Gasteiger partial charge in [0.2, 0.25) is 0 Å². The van der Waals surface area contributed by atoms with Crippen LogP contribution >= 0.6 is 0 Å². The van der Waals surface area contributed by atoms with Gasteiger partial charge in [-0.2, -0.15) is 5.10 Å². The average Bonchev–Trinajstić information content (AvgIpc) is 3.55. The summed E-state index contributed by atoms with van der Waals surface area (Å²) in [5.41, 5.74) is 8.57. The molecule has 4 heterocycles. The summed E-state index contributed by atoms with van der Waals surface area (Å²) in [5, 5.41) is 8.04. The van der Waals surface area contributed by atoms with E-state index in [9.17, 15) is 4.79 Å². The van der Waals surface area contributed by atoms with E-state index in [-0.39, 0.29) is 11.3 Å². The number of nitrogens with zero attached hydrogens (tertiary/aromatic N) is 5. The highest BCUT2D eigenvalue weighted by molar-refractivity contribution is 6.07. The Morgan fingerprint density at radius 1 is 0.949 bits per heavy atom. The molecule has 1 saturated heterocycles. The van der Waals surface area contributed by atoms with Crippen molar-refractivity contribution >= 4 is 11.6 Å². The molecular formula is C32H31N5O2. The van der Waals surface area contributed by atoms with Crippen LogP contribution in [0.25, 0.3) is 22.5 Å². The summed E-state index contributed by atoms with van der Waals surface area (Å²) in [4.78, 5) is 22.4. The molecule has 0 bridgehead atoms. The maximum atomic E-state index is 13.7. The maximum Gasteiger partial charge on any atom is 0.258 e. The molecule has 196 valence electrons. The molecule has 1 aromatic heterocycles. The van der Waals surface area contributed by atoms with E-state index in [1.807, 2.05) is 35.2 Å². The minimum absolute atomic E-state index is 0.0531. The second kappa shape index (κ2) is 9.27. The predicted octanol–water partition coefficient (Wildman–Crippen LogP) is 5.07. The number of fused-ring (bicyclic) bond motifs is 3. The van der Waals surface area contributed by atoms with Crippen molar-refractivity contribution in [2.45, 2.75) is 31.6 Å². The Labute approximate surface area is 228 Å². The Balaban J connectivity index is 1.14. The second-order valence-electron chi connectivity index (χ2n) is 11.1. The van der Waals surface area contributed by atoms with Crippen LogP contribution in [-0.2, 0) is 11.8 Å². The molecule has 0 N–H and O–H groups in total. The topological polar surface area (TPSA) is 71.5 Å². The van der Waals surface area contributed by atoms with E-state index in [4.69, 9.17) is 4.74 Å². The third-order valence-electron chi connectivity index (χ3n) is 8.75. The number of aromatic nitrogens is 3. The third-order valence-corrected chi connectivity index (χ3v) is 8.75.